The van der Waals surface area contributed by atoms with E-state index in [9.17, 15) is 4.79 Å². The fourth-order valence-corrected chi connectivity index (χ4v) is 2.14. The molecule has 0 aliphatic heterocycles. The summed E-state index contributed by atoms with van der Waals surface area (Å²) in [7, 11) is 0. The maximum absolute atomic E-state index is 12.0. The highest BCUT2D eigenvalue weighted by Crippen LogP contribution is 2.14. The molecule has 0 fully saturated rings. The highest BCUT2D eigenvalue weighted by Gasteiger charge is 2.09. The Morgan fingerprint density at radius 2 is 1.88 bits per heavy atom. The predicted octanol–water partition coefficient (Wildman–Crippen LogP) is 2.24. The van der Waals surface area contributed by atoms with Crippen molar-refractivity contribution in [2.75, 3.05) is 5.32 Å². The van der Waals surface area contributed by atoms with Crippen LogP contribution in [0.3, 0.4) is 0 Å². The van der Waals surface area contributed by atoms with Crippen molar-refractivity contribution in [2.24, 2.45) is 0 Å². The number of aromatic nitrogens is 4. The third kappa shape index (κ3) is 3.62. The van der Waals surface area contributed by atoms with Crippen LogP contribution >= 0.6 is 0 Å². The minimum Gasteiger partial charge on any atom is -0.325 e. The summed E-state index contributed by atoms with van der Waals surface area (Å²) < 4.78 is 0. The third-order valence-electron chi connectivity index (χ3n) is 3.35. The Morgan fingerprint density at radius 1 is 1.12 bits per heavy atom. The molecule has 0 unspecified atom stereocenters. The molecular formula is C17H14N6O. The van der Waals surface area contributed by atoms with Crippen LogP contribution < -0.4 is 5.32 Å². The highest BCUT2D eigenvalue weighted by molar-refractivity contribution is 5.91. The summed E-state index contributed by atoms with van der Waals surface area (Å²) >= 11 is 0. The summed E-state index contributed by atoms with van der Waals surface area (Å²) in [6.07, 6.45) is 0.185. The molecule has 1 N–H and O–H groups in total. The largest absolute Gasteiger partial charge is 0.325 e. The number of aryl methyl sites for hydroxylation is 1. The van der Waals surface area contributed by atoms with Gasteiger partial charge in [0.15, 0.2) is 0 Å². The number of nitriles is 1. The van der Waals surface area contributed by atoms with Gasteiger partial charge in [0.25, 0.3) is 0 Å². The molecule has 0 saturated heterocycles. The minimum atomic E-state index is -0.212. The van der Waals surface area contributed by atoms with Gasteiger partial charge in [-0.25, -0.2) is 0 Å². The Bertz CT molecular complexity index is 881. The number of hydrogen-bond acceptors (Lipinski definition) is 5. The van der Waals surface area contributed by atoms with E-state index in [0.717, 1.165) is 5.56 Å². The lowest BCUT2D eigenvalue weighted by atomic mass is 10.2. The first-order valence-electron chi connectivity index (χ1n) is 7.38. The number of tetrazole rings is 1. The van der Waals surface area contributed by atoms with Crippen LogP contribution in [0.1, 0.15) is 12.0 Å². The SMILES string of the molecule is N#Cc1ccccc1NC(=O)CCn1nnc(-c2ccccc2)n1. The smallest absolute Gasteiger partial charge is 0.226 e. The molecule has 0 radical (unpaired) electrons. The molecule has 118 valence electrons. The van der Waals surface area contributed by atoms with Crippen LogP contribution in [0, 0.1) is 11.3 Å². The van der Waals surface area contributed by atoms with E-state index in [0.29, 0.717) is 23.6 Å². The Morgan fingerprint density at radius 3 is 2.67 bits per heavy atom. The molecule has 0 atom stereocenters. The molecule has 2 aromatic carbocycles. The molecule has 24 heavy (non-hydrogen) atoms. The van der Waals surface area contributed by atoms with Crippen molar-refractivity contribution in [3.05, 3.63) is 60.2 Å². The first kappa shape index (κ1) is 15.4. The van der Waals surface area contributed by atoms with Crippen molar-refractivity contribution in [1.29, 1.82) is 5.26 Å². The standard InChI is InChI=1S/C17H14N6O/c18-12-14-8-4-5-9-15(14)19-16(24)10-11-23-21-17(20-22-23)13-6-2-1-3-7-13/h1-9H,10-11H2,(H,19,24). The number of rotatable bonds is 5. The van der Waals surface area contributed by atoms with Gasteiger partial charge in [0.05, 0.1) is 17.8 Å². The minimum absolute atomic E-state index is 0.185. The van der Waals surface area contributed by atoms with Crippen LogP contribution in [0.15, 0.2) is 54.6 Å². The van der Waals surface area contributed by atoms with Gasteiger partial charge < -0.3 is 5.32 Å². The van der Waals surface area contributed by atoms with Gasteiger partial charge in [-0.3, -0.25) is 4.79 Å². The van der Waals surface area contributed by atoms with Gasteiger partial charge in [-0.15, -0.1) is 10.2 Å². The van der Waals surface area contributed by atoms with Crippen molar-refractivity contribution in [3.63, 3.8) is 0 Å². The predicted molar refractivity (Wildman–Crippen MR) is 87.7 cm³/mol. The first-order valence-corrected chi connectivity index (χ1v) is 7.38. The third-order valence-corrected chi connectivity index (χ3v) is 3.35. The average molecular weight is 318 g/mol. The van der Waals surface area contributed by atoms with E-state index in [1.165, 1.54) is 4.80 Å². The maximum atomic E-state index is 12.0. The van der Waals surface area contributed by atoms with Crippen LogP contribution in [0.5, 0.6) is 0 Å². The van der Waals surface area contributed by atoms with E-state index in [-0.39, 0.29) is 12.3 Å². The van der Waals surface area contributed by atoms with Gasteiger partial charge in [-0.05, 0) is 17.3 Å². The number of para-hydroxylation sites is 1. The second kappa shape index (κ2) is 7.15. The summed E-state index contributed by atoms with van der Waals surface area (Å²) in [5, 5.41) is 23.9. The number of nitrogens with zero attached hydrogens (tertiary/aromatic N) is 5. The number of carbonyl (C=O) groups excluding carboxylic acids is 1. The van der Waals surface area contributed by atoms with Crippen LogP contribution in [-0.4, -0.2) is 26.1 Å². The van der Waals surface area contributed by atoms with Gasteiger partial charge in [-0.2, -0.15) is 10.1 Å². The molecule has 1 heterocycles. The molecule has 0 spiro atoms. The summed E-state index contributed by atoms with van der Waals surface area (Å²) in [4.78, 5) is 13.4. The molecule has 3 rings (SSSR count). The molecule has 0 aliphatic carbocycles. The molecule has 0 aliphatic rings. The lowest BCUT2D eigenvalue weighted by molar-refractivity contribution is -0.116. The average Bonchev–Trinajstić information content (AvgIpc) is 3.10. The van der Waals surface area contributed by atoms with Crippen molar-refractivity contribution in [1.82, 2.24) is 20.2 Å². The highest BCUT2D eigenvalue weighted by atomic mass is 16.1. The Labute approximate surface area is 138 Å². The Hall–Kier alpha value is -3.53. The fraction of sp³-hybridized carbons (Fsp3) is 0.118. The Kier molecular flexibility index (Phi) is 4.58. The van der Waals surface area contributed by atoms with Crippen molar-refractivity contribution in [2.45, 2.75) is 13.0 Å². The van der Waals surface area contributed by atoms with Crippen LogP contribution in [0.25, 0.3) is 11.4 Å². The molecule has 7 heteroatoms. The van der Waals surface area contributed by atoms with E-state index < -0.39 is 0 Å². The number of benzene rings is 2. The number of amides is 1. The lowest BCUT2D eigenvalue weighted by Gasteiger charge is -2.06. The zero-order chi connectivity index (χ0) is 16.8. The fourth-order valence-electron chi connectivity index (χ4n) is 2.14. The molecule has 1 aromatic heterocycles. The van der Waals surface area contributed by atoms with Crippen LogP contribution in [0.4, 0.5) is 5.69 Å². The normalized spacial score (nSPS) is 10.1. The summed E-state index contributed by atoms with van der Waals surface area (Å²) in [6, 6.07) is 18.4. The summed E-state index contributed by atoms with van der Waals surface area (Å²) in [5.74, 6) is 0.307. The van der Waals surface area contributed by atoms with Crippen molar-refractivity contribution in [3.8, 4) is 17.5 Å². The van der Waals surface area contributed by atoms with Gasteiger partial charge in [0.2, 0.25) is 11.7 Å². The van der Waals surface area contributed by atoms with Crippen LogP contribution in [0.2, 0.25) is 0 Å². The zero-order valence-electron chi connectivity index (χ0n) is 12.8. The van der Waals surface area contributed by atoms with Crippen molar-refractivity contribution < 1.29 is 4.79 Å². The molecular weight excluding hydrogens is 304 g/mol. The lowest BCUT2D eigenvalue weighted by Crippen LogP contribution is -2.16. The van der Waals surface area contributed by atoms with E-state index in [2.05, 4.69) is 20.7 Å². The topological polar surface area (TPSA) is 96.5 Å². The van der Waals surface area contributed by atoms with Crippen molar-refractivity contribution >= 4 is 11.6 Å². The maximum Gasteiger partial charge on any atom is 0.226 e. The number of carbonyl (C=O) groups is 1. The molecule has 0 bridgehead atoms. The molecule has 7 nitrogen and oxygen atoms in total. The Balaban J connectivity index is 1.59. The number of nitrogens with one attached hydrogen (secondary N) is 1. The van der Waals surface area contributed by atoms with E-state index in [1.54, 1.807) is 24.3 Å². The van der Waals surface area contributed by atoms with E-state index >= 15 is 0 Å². The zero-order valence-corrected chi connectivity index (χ0v) is 12.8. The monoisotopic (exact) mass is 318 g/mol. The van der Waals surface area contributed by atoms with Gasteiger partial charge in [-0.1, -0.05) is 42.5 Å². The summed E-state index contributed by atoms with van der Waals surface area (Å²) in [5.41, 5.74) is 1.80. The van der Waals surface area contributed by atoms with E-state index in [4.69, 9.17) is 5.26 Å². The second-order valence-electron chi connectivity index (χ2n) is 5.03. The van der Waals surface area contributed by atoms with E-state index in [1.807, 2.05) is 36.4 Å². The van der Waals surface area contributed by atoms with Gasteiger partial charge >= 0.3 is 0 Å². The molecule has 3 aromatic rings. The quantitative estimate of drug-likeness (QED) is 0.778. The van der Waals surface area contributed by atoms with Gasteiger partial charge in [0, 0.05) is 12.0 Å². The number of anilines is 1. The number of hydrogen-bond donors (Lipinski definition) is 1. The first-order chi connectivity index (χ1) is 11.8. The van der Waals surface area contributed by atoms with Gasteiger partial charge in [0.1, 0.15) is 6.07 Å². The molecule has 0 saturated carbocycles. The molecule has 1 amide bonds. The summed E-state index contributed by atoms with van der Waals surface area (Å²) in [6.45, 7) is 0.306. The second-order valence-corrected chi connectivity index (χ2v) is 5.03. The van der Waals surface area contributed by atoms with Crippen LogP contribution in [-0.2, 0) is 11.3 Å².